The van der Waals surface area contributed by atoms with Gasteiger partial charge in [-0.1, -0.05) is 49.4 Å². The summed E-state index contributed by atoms with van der Waals surface area (Å²) in [6, 6.07) is 18.3. The second-order valence-corrected chi connectivity index (χ2v) is 8.59. The average Bonchev–Trinajstić information content (AvgIpc) is 3.27. The van der Waals surface area contributed by atoms with Gasteiger partial charge in [-0.2, -0.15) is 0 Å². The van der Waals surface area contributed by atoms with Gasteiger partial charge in [-0.3, -0.25) is 14.5 Å². The van der Waals surface area contributed by atoms with Crippen LogP contribution in [-0.2, 0) is 16.9 Å². The van der Waals surface area contributed by atoms with E-state index in [-0.39, 0.29) is 12.3 Å². The maximum absolute atomic E-state index is 13.4. The van der Waals surface area contributed by atoms with Crippen LogP contribution in [-0.4, -0.2) is 40.8 Å². The van der Waals surface area contributed by atoms with E-state index in [2.05, 4.69) is 9.88 Å². The highest BCUT2D eigenvalue weighted by molar-refractivity contribution is 6.11. The highest BCUT2D eigenvalue weighted by Gasteiger charge is 2.51. The number of aryl methyl sites for hydroxylation is 1. The van der Waals surface area contributed by atoms with Crippen molar-refractivity contribution in [1.82, 2.24) is 14.8 Å². The van der Waals surface area contributed by atoms with Crippen molar-refractivity contribution in [3.05, 3.63) is 88.7 Å². The monoisotopic (exact) mass is 459 g/mol. The summed E-state index contributed by atoms with van der Waals surface area (Å²) in [7, 11) is 1.57. The summed E-state index contributed by atoms with van der Waals surface area (Å²) in [6.07, 6.45) is 0.361. The van der Waals surface area contributed by atoms with E-state index in [0.29, 0.717) is 29.8 Å². The molecule has 1 aliphatic rings. The van der Waals surface area contributed by atoms with Crippen molar-refractivity contribution in [1.29, 1.82) is 0 Å². The lowest BCUT2D eigenvalue weighted by atomic mass is 9.87. The van der Waals surface area contributed by atoms with Crippen molar-refractivity contribution in [2.45, 2.75) is 39.3 Å². The molecule has 0 radical (unpaired) electrons. The third kappa shape index (κ3) is 3.98. The van der Waals surface area contributed by atoms with Crippen molar-refractivity contribution >= 4 is 17.7 Å². The minimum absolute atomic E-state index is 0.266. The molecule has 0 unspecified atom stereocenters. The quantitative estimate of drug-likeness (QED) is 0.404. The molecule has 1 atom stereocenters. The summed E-state index contributed by atoms with van der Waals surface area (Å²) in [5.41, 5.74) is 2.87. The summed E-state index contributed by atoms with van der Waals surface area (Å²) in [4.78, 5) is 40.5. The molecule has 7 nitrogen and oxygen atoms in total. The van der Waals surface area contributed by atoms with Gasteiger partial charge in [0, 0.05) is 23.5 Å². The standard InChI is InChI=1S/C27H29N3O4/c1-5-27(21-11-13-22(34-4)14-12-21)25(32)30(26(33)28-27)17-24(31)23-15-18(2)29(19(23)3)16-20-9-7-6-8-10-20/h6-15H,5,16-17H2,1-4H3,(H,28,33)/t27-/m1/s1. The number of ketones is 1. The maximum Gasteiger partial charge on any atom is 0.325 e. The molecule has 34 heavy (non-hydrogen) atoms. The van der Waals surface area contributed by atoms with E-state index in [0.717, 1.165) is 21.9 Å². The van der Waals surface area contributed by atoms with E-state index in [9.17, 15) is 14.4 Å². The van der Waals surface area contributed by atoms with Gasteiger partial charge in [0.05, 0.1) is 13.7 Å². The lowest BCUT2D eigenvalue weighted by molar-refractivity contribution is -0.131. The van der Waals surface area contributed by atoms with Gasteiger partial charge in [-0.15, -0.1) is 0 Å². The number of Topliss-reactive ketones (excluding diaryl/α,β-unsaturated/α-hetero) is 1. The molecule has 1 aliphatic heterocycles. The van der Waals surface area contributed by atoms with Gasteiger partial charge in [-0.05, 0) is 49.6 Å². The highest BCUT2D eigenvalue weighted by Crippen LogP contribution is 2.33. The number of amides is 3. The summed E-state index contributed by atoms with van der Waals surface area (Å²) in [6.45, 7) is 6.02. The molecule has 1 fully saturated rings. The molecule has 1 saturated heterocycles. The zero-order chi connectivity index (χ0) is 24.5. The summed E-state index contributed by atoms with van der Waals surface area (Å²) >= 11 is 0. The second kappa shape index (κ2) is 9.17. The van der Waals surface area contributed by atoms with Crippen LogP contribution in [0.25, 0.3) is 0 Å². The largest absolute Gasteiger partial charge is 0.497 e. The third-order valence-electron chi connectivity index (χ3n) is 6.65. The van der Waals surface area contributed by atoms with E-state index < -0.39 is 17.5 Å². The van der Waals surface area contributed by atoms with Gasteiger partial charge < -0.3 is 14.6 Å². The fraction of sp³-hybridized carbons (Fsp3) is 0.296. The summed E-state index contributed by atoms with van der Waals surface area (Å²) in [5, 5.41) is 2.83. The summed E-state index contributed by atoms with van der Waals surface area (Å²) < 4.78 is 7.27. The molecule has 0 bridgehead atoms. The SMILES string of the molecule is CC[C@]1(c2ccc(OC)cc2)NC(=O)N(CC(=O)c2cc(C)n(Cc3ccccc3)c2C)C1=O. The number of imide groups is 1. The van der Waals surface area contributed by atoms with Gasteiger partial charge in [0.15, 0.2) is 5.78 Å². The highest BCUT2D eigenvalue weighted by atomic mass is 16.5. The van der Waals surface area contributed by atoms with Crippen LogP contribution in [0, 0.1) is 13.8 Å². The van der Waals surface area contributed by atoms with Crippen LogP contribution in [0.4, 0.5) is 4.79 Å². The van der Waals surface area contributed by atoms with Crippen LogP contribution >= 0.6 is 0 Å². The Morgan fingerprint density at radius 3 is 2.32 bits per heavy atom. The molecule has 0 saturated carbocycles. The van der Waals surface area contributed by atoms with Crippen LogP contribution < -0.4 is 10.1 Å². The third-order valence-corrected chi connectivity index (χ3v) is 6.65. The predicted octanol–water partition coefficient (Wildman–Crippen LogP) is 4.20. The fourth-order valence-electron chi connectivity index (χ4n) is 4.61. The number of hydrogen-bond acceptors (Lipinski definition) is 4. The number of urea groups is 1. The van der Waals surface area contributed by atoms with E-state index in [1.807, 2.05) is 57.2 Å². The number of carbonyl (C=O) groups is 3. The Balaban J connectivity index is 1.57. The lowest BCUT2D eigenvalue weighted by Gasteiger charge is -2.26. The second-order valence-electron chi connectivity index (χ2n) is 8.59. The number of hydrogen-bond donors (Lipinski definition) is 1. The van der Waals surface area contributed by atoms with Crippen LogP contribution in [0.15, 0.2) is 60.7 Å². The van der Waals surface area contributed by atoms with Crippen molar-refractivity contribution < 1.29 is 19.1 Å². The number of ether oxygens (including phenoxy) is 1. The molecule has 3 amide bonds. The molecule has 1 N–H and O–H groups in total. The zero-order valence-corrected chi connectivity index (χ0v) is 19.9. The van der Waals surface area contributed by atoms with Gasteiger partial charge >= 0.3 is 6.03 Å². The van der Waals surface area contributed by atoms with Crippen molar-refractivity contribution in [3.8, 4) is 5.75 Å². The Morgan fingerprint density at radius 1 is 1.03 bits per heavy atom. The van der Waals surface area contributed by atoms with Gasteiger partial charge in [0.1, 0.15) is 11.3 Å². The minimum Gasteiger partial charge on any atom is -0.497 e. The number of nitrogens with one attached hydrogen (secondary N) is 1. The molecule has 1 aromatic heterocycles. The maximum atomic E-state index is 13.4. The fourth-order valence-corrected chi connectivity index (χ4v) is 4.61. The predicted molar refractivity (Wildman–Crippen MR) is 129 cm³/mol. The first-order chi connectivity index (χ1) is 16.3. The molecule has 0 spiro atoms. The molecule has 3 aromatic rings. The lowest BCUT2D eigenvalue weighted by Crippen LogP contribution is -2.43. The molecule has 0 aliphatic carbocycles. The minimum atomic E-state index is -1.20. The van der Waals surface area contributed by atoms with Gasteiger partial charge in [0.2, 0.25) is 0 Å². The number of rotatable bonds is 8. The van der Waals surface area contributed by atoms with Crippen LogP contribution in [0.3, 0.4) is 0 Å². The number of carbonyl (C=O) groups excluding carboxylic acids is 3. The van der Waals surface area contributed by atoms with Gasteiger partial charge in [-0.25, -0.2) is 4.79 Å². The van der Waals surface area contributed by atoms with Crippen LogP contribution in [0.5, 0.6) is 5.75 Å². The molecule has 176 valence electrons. The Hall–Kier alpha value is -3.87. The van der Waals surface area contributed by atoms with Crippen molar-refractivity contribution in [2.24, 2.45) is 0 Å². The van der Waals surface area contributed by atoms with Gasteiger partial charge in [0.25, 0.3) is 5.91 Å². The smallest absolute Gasteiger partial charge is 0.325 e. The number of benzene rings is 2. The molecule has 2 heterocycles. The van der Waals surface area contributed by atoms with Crippen LogP contribution in [0.2, 0.25) is 0 Å². The van der Waals surface area contributed by atoms with Crippen molar-refractivity contribution in [2.75, 3.05) is 13.7 Å². The zero-order valence-electron chi connectivity index (χ0n) is 19.9. The first kappa shape index (κ1) is 23.3. The molecule has 7 heteroatoms. The average molecular weight is 460 g/mol. The Bertz CT molecular complexity index is 1230. The number of methoxy groups -OCH3 is 1. The first-order valence-electron chi connectivity index (χ1n) is 11.3. The van der Waals surface area contributed by atoms with E-state index in [1.54, 1.807) is 31.4 Å². The summed E-state index contributed by atoms with van der Waals surface area (Å²) in [5.74, 6) is -0.0289. The Labute approximate surface area is 199 Å². The molecule has 2 aromatic carbocycles. The van der Waals surface area contributed by atoms with E-state index in [1.165, 1.54) is 0 Å². The molecular formula is C27H29N3O4. The topological polar surface area (TPSA) is 80.6 Å². The van der Waals surface area contributed by atoms with E-state index >= 15 is 0 Å². The molecule has 4 rings (SSSR count). The normalized spacial score (nSPS) is 17.7. The number of aromatic nitrogens is 1. The first-order valence-corrected chi connectivity index (χ1v) is 11.3. The Morgan fingerprint density at radius 2 is 1.71 bits per heavy atom. The van der Waals surface area contributed by atoms with Crippen molar-refractivity contribution in [3.63, 3.8) is 0 Å². The van der Waals surface area contributed by atoms with Crippen LogP contribution in [0.1, 0.15) is 46.2 Å². The number of nitrogens with zero attached hydrogens (tertiary/aromatic N) is 2. The molecular weight excluding hydrogens is 430 g/mol. The Kier molecular flexibility index (Phi) is 6.28. The van der Waals surface area contributed by atoms with E-state index in [4.69, 9.17) is 4.74 Å².